The average molecular weight is 249 g/mol. The summed E-state index contributed by atoms with van der Waals surface area (Å²) in [6.45, 7) is 2.24. The fraction of sp³-hybridized carbons (Fsp3) is 0.143. The number of hydrogen-bond acceptors (Lipinski definition) is 2. The molecular weight excluding hydrogens is 236 g/mol. The Morgan fingerprint density at radius 1 is 1.06 bits per heavy atom. The van der Waals surface area contributed by atoms with Crippen molar-refractivity contribution in [2.75, 3.05) is 0 Å². The van der Waals surface area contributed by atoms with Crippen LogP contribution >= 0.6 is 0 Å². The summed E-state index contributed by atoms with van der Waals surface area (Å²) in [6, 6.07) is 8.52. The molecule has 0 amide bonds. The Labute approximate surface area is 104 Å². The van der Waals surface area contributed by atoms with Gasteiger partial charge in [-0.25, -0.2) is 8.78 Å². The van der Waals surface area contributed by atoms with Crippen molar-refractivity contribution in [2.45, 2.75) is 13.5 Å². The molecule has 2 aromatic carbocycles. The van der Waals surface area contributed by atoms with E-state index in [1.54, 1.807) is 6.07 Å². The Kier molecular flexibility index (Phi) is 3.58. The van der Waals surface area contributed by atoms with Crippen molar-refractivity contribution in [1.82, 2.24) is 0 Å². The minimum Gasteiger partial charge on any atom is -0.457 e. The Bertz CT molecular complexity index is 549. The van der Waals surface area contributed by atoms with Crippen molar-refractivity contribution in [3.63, 3.8) is 0 Å². The maximum Gasteiger partial charge on any atom is 0.133 e. The van der Waals surface area contributed by atoms with Crippen LogP contribution in [0.25, 0.3) is 0 Å². The molecule has 0 saturated heterocycles. The summed E-state index contributed by atoms with van der Waals surface area (Å²) in [5.41, 5.74) is 7.45. The van der Waals surface area contributed by atoms with Crippen LogP contribution in [0.15, 0.2) is 36.4 Å². The second-order valence-electron chi connectivity index (χ2n) is 4.02. The predicted molar refractivity (Wildman–Crippen MR) is 65.5 cm³/mol. The standard InChI is InChI=1S/C14H13F2NO/c1-9-2-3-14(10(4-9)8-17)18-13-6-11(15)5-12(16)7-13/h2-7H,8,17H2,1H3. The first-order valence-electron chi connectivity index (χ1n) is 5.52. The van der Waals surface area contributed by atoms with Crippen LogP contribution < -0.4 is 10.5 Å². The lowest BCUT2D eigenvalue weighted by molar-refractivity contribution is 0.463. The summed E-state index contributed by atoms with van der Waals surface area (Å²) in [6.07, 6.45) is 0. The average Bonchev–Trinajstić information content (AvgIpc) is 2.30. The third kappa shape index (κ3) is 2.84. The zero-order chi connectivity index (χ0) is 13.1. The van der Waals surface area contributed by atoms with Gasteiger partial charge in [0.25, 0.3) is 0 Å². The fourth-order valence-electron chi connectivity index (χ4n) is 1.68. The molecule has 2 aromatic rings. The van der Waals surface area contributed by atoms with Crippen LogP contribution in [0.1, 0.15) is 11.1 Å². The smallest absolute Gasteiger partial charge is 0.133 e. The van der Waals surface area contributed by atoms with Gasteiger partial charge in [-0.3, -0.25) is 0 Å². The van der Waals surface area contributed by atoms with Crippen molar-refractivity contribution in [3.8, 4) is 11.5 Å². The van der Waals surface area contributed by atoms with Gasteiger partial charge in [0, 0.05) is 30.3 Å². The molecule has 0 aliphatic rings. The van der Waals surface area contributed by atoms with E-state index in [-0.39, 0.29) is 5.75 Å². The first-order chi connectivity index (χ1) is 8.58. The normalized spacial score (nSPS) is 10.4. The highest BCUT2D eigenvalue weighted by Gasteiger charge is 2.06. The summed E-state index contributed by atoms with van der Waals surface area (Å²) < 4.78 is 31.5. The molecule has 2 N–H and O–H groups in total. The highest BCUT2D eigenvalue weighted by molar-refractivity contribution is 5.40. The number of ether oxygens (including phenoxy) is 1. The monoisotopic (exact) mass is 249 g/mol. The van der Waals surface area contributed by atoms with Gasteiger partial charge in [0.1, 0.15) is 23.1 Å². The van der Waals surface area contributed by atoms with Crippen LogP contribution in [0.5, 0.6) is 11.5 Å². The molecule has 0 aliphatic heterocycles. The molecule has 18 heavy (non-hydrogen) atoms. The van der Waals surface area contributed by atoms with Gasteiger partial charge >= 0.3 is 0 Å². The van der Waals surface area contributed by atoms with Gasteiger partial charge in [0.15, 0.2) is 0 Å². The summed E-state index contributed by atoms with van der Waals surface area (Å²) in [5, 5.41) is 0. The number of benzene rings is 2. The molecule has 0 heterocycles. The van der Waals surface area contributed by atoms with Gasteiger partial charge in [-0.15, -0.1) is 0 Å². The molecule has 0 aliphatic carbocycles. The van der Waals surface area contributed by atoms with Gasteiger partial charge < -0.3 is 10.5 Å². The zero-order valence-electron chi connectivity index (χ0n) is 9.91. The second-order valence-corrected chi connectivity index (χ2v) is 4.02. The molecule has 0 aromatic heterocycles. The van der Waals surface area contributed by atoms with Gasteiger partial charge in [-0.2, -0.15) is 0 Å². The second kappa shape index (κ2) is 5.14. The number of nitrogens with two attached hydrogens (primary N) is 1. The molecule has 0 radical (unpaired) electrons. The first-order valence-corrected chi connectivity index (χ1v) is 5.52. The number of halogens is 2. The molecule has 2 rings (SSSR count). The van der Waals surface area contributed by atoms with Crippen molar-refractivity contribution in [3.05, 3.63) is 59.2 Å². The largest absolute Gasteiger partial charge is 0.457 e. The van der Waals surface area contributed by atoms with E-state index < -0.39 is 11.6 Å². The lowest BCUT2D eigenvalue weighted by Crippen LogP contribution is -2.00. The number of rotatable bonds is 3. The summed E-state index contributed by atoms with van der Waals surface area (Å²) in [5.74, 6) is -0.725. The lowest BCUT2D eigenvalue weighted by atomic mass is 10.1. The van der Waals surface area contributed by atoms with Crippen molar-refractivity contribution < 1.29 is 13.5 Å². The van der Waals surface area contributed by atoms with Gasteiger partial charge in [0.05, 0.1) is 0 Å². The van der Waals surface area contributed by atoms with E-state index in [4.69, 9.17) is 10.5 Å². The zero-order valence-corrected chi connectivity index (χ0v) is 9.91. The van der Waals surface area contributed by atoms with E-state index in [0.717, 1.165) is 29.3 Å². The van der Waals surface area contributed by atoms with Gasteiger partial charge in [0.2, 0.25) is 0 Å². The quantitative estimate of drug-likeness (QED) is 0.903. The fourth-order valence-corrected chi connectivity index (χ4v) is 1.68. The highest BCUT2D eigenvalue weighted by atomic mass is 19.1. The van der Waals surface area contributed by atoms with Crippen LogP contribution in [-0.2, 0) is 6.54 Å². The molecule has 94 valence electrons. The summed E-state index contributed by atoms with van der Waals surface area (Å²) >= 11 is 0. The lowest BCUT2D eigenvalue weighted by Gasteiger charge is -2.11. The SMILES string of the molecule is Cc1ccc(Oc2cc(F)cc(F)c2)c(CN)c1. The predicted octanol–water partition coefficient (Wildman–Crippen LogP) is 3.52. The van der Waals surface area contributed by atoms with Crippen molar-refractivity contribution in [1.29, 1.82) is 0 Å². The molecular formula is C14H13F2NO. The minimum absolute atomic E-state index is 0.117. The van der Waals surface area contributed by atoms with Crippen LogP contribution in [-0.4, -0.2) is 0 Å². The molecule has 2 nitrogen and oxygen atoms in total. The van der Waals surface area contributed by atoms with Gasteiger partial charge in [-0.1, -0.05) is 17.7 Å². The van der Waals surface area contributed by atoms with Crippen LogP contribution in [0.3, 0.4) is 0 Å². The van der Waals surface area contributed by atoms with Crippen molar-refractivity contribution >= 4 is 0 Å². The topological polar surface area (TPSA) is 35.2 Å². The Hall–Kier alpha value is -1.94. The highest BCUT2D eigenvalue weighted by Crippen LogP contribution is 2.27. The van der Waals surface area contributed by atoms with Crippen LogP contribution in [0.4, 0.5) is 8.78 Å². The van der Waals surface area contributed by atoms with Crippen molar-refractivity contribution in [2.24, 2.45) is 5.73 Å². The maximum atomic E-state index is 13.0. The number of hydrogen-bond donors (Lipinski definition) is 1. The molecule has 0 fully saturated rings. The van der Waals surface area contributed by atoms with E-state index in [0.29, 0.717) is 12.3 Å². The first kappa shape index (κ1) is 12.5. The minimum atomic E-state index is -0.675. The van der Waals surface area contributed by atoms with E-state index in [1.807, 2.05) is 19.1 Å². The summed E-state index contributed by atoms with van der Waals surface area (Å²) in [4.78, 5) is 0. The summed E-state index contributed by atoms with van der Waals surface area (Å²) in [7, 11) is 0. The molecule has 0 unspecified atom stereocenters. The van der Waals surface area contributed by atoms with Crippen LogP contribution in [0.2, 0.25) is 0 Å². The third-order valence-corrected chi connectivity index (χ3v) is 2.50. The van der Waals surface area contributed by atoms with Gasteiger partial charge in [-0.05, 0) is 13.0 Å². The molecule has 0 bridgehead atoms. The van der Waals surface area contributed by atoms with E-state index >= 15 is 0 Å². The molecule has 0 spiro atoms. The van der Waals surface area contributed by atoms with E-state index in [2.05, 4.69) is 0 Å². The third-order valence-electron chi connectivity index (χ3n) is 2.50. The van der Waals surface area contributed by atoms with E-state index in [1.165, 1.54) is 0 Å². The van der Waals surface area contributed by atoms with E-state index in [9.17, 15) is 8.78 Å². The Morgan fingerprint density at radius 3 is 2.33 bits per heavy atom. The Balaban J connectivity index is 2.33. The Morgan fingerprint density at radius 2 is 1.72 bits per heavy atom. The van der Waals surface area contributed by atoms with Crippen LogP contribution in [0, 0.1) is 18.6 Å². The number of aryl methyl sites for hydroxylation is 1. The molecule has 0 saturated carbocycles. The molecule has 0 atom stereocenters. The molecule has 4 heteroatoms. The maximum absolute atomic E-state index is 13.0.